The van der Waals surface area contributed by atoms with Crippen molar-refractivity contribution in [2.75, 3.05) is 19.8 Å². The number of carbonyl (C=O) groups excluding carboxylic acids is 2. The average Bonchev–Trinajstić information content (AvgIpc) is 2.98. The molecule has 0 bridgehead atoms. The fourth-order valence-corrected chi connectivity index (χ4v) is 5.65. The Morgan fingerprint density at radius 1 is 0.927 bits per heavy atom. The molecule has 5 rings (SSSR count). The van der Waals surface area contributed by atoms with Gasteiger partial charge in [0.15, 0.2) is 5.78 Å². The van der Waals surface area contributed by atoms with Gasteiger partial charge in [0.25, 0.3) is 0 Å². The van der Waals surface area contributed by atoms with Gasteiger partial charge in [-0.2, -0.15) is 0 Å². The molecule has 1 heterocycles. The molecule has 0 aromatic heterocycles. The number of ketones is 1. The fourth-order valence-electron chi connectivity index (χ4n) is 5.53. The normalized spacial score (nSPS) is 18.6. The van der Waals surface area contributed by atoms with Gasteiger partial charge in [-0.3, -0.25) is 4.79 Å². The number of esters is 1. The molecular formula is C34H34ClNO5. The topological polar surface area (TPSA) is 73.9 Å². The highest BCUT2D eigenvalue weighted by Gasteiger charge is 2.41. The molecule has 2 atom stereocenters. The van der Waals surface area contributed by atoms with E-state index < -0.39 is 11.9 Å². The molecule has 0 spiro atoms. The third-order valence-electron chi connectivity index (χ3n) is 7.52. The maximum Gasteiger partial charge on any atom is 0.336 e. The SMILES string of the molecule is CCOCCOC(=O)C1=C(C)NC2=C(C(=O)C[C@@H](c3ccc(Cl)cc3)C2)[C@@H]1c1ccc(OCc2ccccc2)cc1. The summed E-state index contributed by atoms with van der Waals surface area (Å²) in [6.07, 6.45) is 1.00. The fraction of sp³-hybridized carbons (Fsp3) is 0.294. The summed E-state index contributed by atoms with van der Waals surface area (Å²) in [5.74, 6) is -0.260. The summed E-state index contributed by atoms with van der Waals surface area (Å²) < 4.78 is 16.9. The van der Waals surface area contributed by atoms with Crippen LogP contribution in [-0.4, -0.2) is 31.6 Å². The molecule has 1 aliphatic carbocycles. The van der Waals surface area contributed by atoms with E-state index >= 15 is 0 Å². The third-order valence-corrected chi connectivity index (χ3v) is 7.77. The molecule has 0 saturated heterocycles. The van der Waals surface area contributed by atoms with Gasteiger partial charge in [0.2, 0.25) is 0 Å². The zero-order valence-corrected chi connectivity index (χ0v) is 24.1. The lowest BCUT2D eigenvalue weighted by Crippen LogP contribution is -2.36. The quantitative estimate of drug-likeness (QED) is 0.212. The van der Waals surface area contributed by atoms with Crippen LogP contribution in [-0.2, 0) is 25.7 Å². The minimum atomic E-state index is -0.548. The Morgan fingerprint density at radius 3 is 2.34 bits per heavy atom. The van der Waals surface area contributed by atoms with Gasteiger partial charge in [-0.05, 0) is 67.1 Å². The molecule has 1 N–H and O–H groups in total. The second-order valence-electron chi connectivity index (χ2n) is 10.2. The Bertz CT molecular complexity index is 1440. The maximum absolute atomic E-state index is 13.8. The zero-order valence-electron chi connectivity index (χ0n) is 23.3. The number of halogens is 1. The van der Waals surface area contributed by atoms with Crippen molar-refractivity contribution in [3.8, 4) is 5.75 Å². The van der Waals surface area contributed by atoms with E-state index in [4.69, 9.17) is 25.8 Å². The zero-order chi connectivity index (χ0) is 28.8. The van der Waals surface area contributed by atoms with Gasteiger partial charge in [0.05, 0.1) is 12.2 Å². The summed E-state index contributed by atoms with van der Waals surface area (Å²) >= 11 is 6.10. The molecule has 2 aliphatic rings. The number of nitrogens with one attached hydrogen (secondary N) is 1. The van der Waals surface area contributed by atoms with Crippen LogP contribution in [0.25, 0.3) is 0 Å². The van der Waals surface area contributed by atoms with Gasteiger partial charge < -0.3 is 19.5 Å². The van der Waals surface area contributed by atoms with Gasteiger partial charge >= 0.3 is 5.97 Å². The van der Waals surface area contributed by atoms with E-state index in [0.717, 1.165) is 22.4 Å². The molecule has 1 aliphatic heterocycles. The number of carbonyl (C=O) groups is 2. The molecule has 212 valence electrons. The first-order valence-corrected chi connectivity index (χ1v) is 14.3. The van der Waals surface area contributed by atoms with Crippen LogP contribution in [0.15, 0.2) is 101 Å². The number of dihydropyridines is 1. The van der Waals surface area contributed by atoms with Crippen molar-refractivity contribution in [2.45, 2.75) is 45.1 Å². The minimum absolute atomic E-state index is 0.0141. The Kier molecular flexibility index (Phi) is 9.22. The van der Waals surface area contributed by atoms with Crippen LogP contribution < -0.4 is 10.1 Å². The summed E-state index contributed by atoms with van der Waals surface area (Å²) in [6, 6.07) is 25.3. The predicted molar refractivity (Wildman–Crippen MR) is 159 cm³/mol. The number of Topliss-reactive ketones (excluding diaryl/α,β-unsaturated/α-hetero) is 1. The van der Waals surface area contributed by atoms with E-state index in [1.807, 2.05) is 92.7 Å². The predicted octanol–water partition coefficient (Wildman–Crippen LogP) is 6.86. The first-order valence-electron chi connectivity index (χ1n) is 14.0. The van der Waals surface area contributed by atoms with Crippen molar-refractivity contribution in [1.29, 1.82) is 0 Å². The first kappa shape index (κ1) is 28.7. The molecule has 3 aromatic carbocycles. The molecule has 0 radical (unpaired) electrons. The number of allylic oxidation sites excluding steroid dienone is 3. The highest BCUT2D eigenvalue weighted by molar-refractivity contribution is 6.30. The summed E-state index contributed by atoms with van der Waals surface area (Å²) in [4.78, 5) is 27.3. The average molecular weight is 572 g/mol. The minimum Gasteiger partial charge on any atom is -0.489 e. The largest absolute Gasteiger partial charge is 0.489 e. The Hall–Kier alpha value is -3.87. The molecule has 6 nitrogen and oxygen atoms in total. The van der Waals surface area contributed by atoms with Crippen LogP contribution in [0.1, 0.15) is 55.2 Å². The van der Waals surface area contributed by atoms with Crippen LogP contribution in [0.5, 0.6) is 5.75 Å². The standard InChI is InChI=1S/C34H34ClNO5/c1-3-39-17-18-40-34(38)31-22(2)36-29-19-26(24-9-13-27(35)14-10-24)20-30(37)33(29)32(31)25-11-15-28(16-12-25)41-21-23-7-5-4-6-8-23/h4-16,26,32,36H,3,17-21H2,1-2H3/t26-,32+/m0/s1. The number of benzene rings is 3. The number of hydrogen-bond donors (Lipinski definition) is 1. The smallest absolute Gasteiger partial charge is 0.336 e. The number of rotatable bonds is 10. The van der Waals surface area contributed by atoms with Gasteiger partial charge in [0, 0.05) is 40.9 Å². The van der Waals surface area contributed by atoms with Crippen molar-refractivity contribution in [3.05, 3.63) is 123 Å². The van der Waals surface area contributed by atoms with Crippen molar-refractivity contribution in [3.63, 3.8) is 0 Å². The number of ether oxygens (including phenoxy) is 3. The molecular weight excluding hydrogens is 538 g/mol. The van der Waals surface area contributed by atoms with Crippen molar-refractivity contribution >= 4 is 23.4 Å². The molecule has 7 heteroatoms. The van der Waals surface area contributed by atoms with Crippen molar-refractivity contribution < 1.29 is 23.8 Å². The lowest BCUT2D eigenvalue weighted by molar-refractivity contribution is -0.140. The Balaban J connectivity index is 1.44. The molecule has 41 heavy (non-hydrogen) atoms. The molecule has 0 amide bonds. The first-order chi connectivity index (χ1) is 19.9. The van der Waals surface area contributed by atoms with E-state index in [1.165, 1.54) is 0 Å². The van der Waals surface area contributed by atoms with E-state index in [2.05, 4.69) is 5.32 Å². The highest BCUT2D eigenvalue weighted by atomic mass is 35.5. The van der Waals surface area contributed by atoms with E-state index in [9.17, 15) is 9.59 Å². The van der Waals surface area contributed by atoms with Gasteiger partial charge in [-0.15, -0.1) is 0 Å². The third kappa shape index (κ3) is 6.72. The van der Waals surface area contributed by atoms with E-state index in [0.29, 0.717) is 60.3 Å². The van der Waals surface area contributed by atoms with Crippen LogP contribution >= 0.6 is 11.6 Å². The van der Waals surface area contributed by atoms with Gasteiger partial charge in [0.1, 0.15) is 19.0 Å². The second kappa shape index (κ2) is 13.2. The lowest BCUT2D eigenvalue weighted by atomic mass is 9.72. The second-order valence-corrected chi connectivity index (χ2v) is 10.7. The van der Waals surface area contributed by atoms with Crippen molar-refractivity contribution in [1.82, 2.24) is 5.32 Å². The van der Waals surface area contributed by atoms with Gasteiger partial charge in [-0.1, -0.05) is 66.2 Å². The van der Waals surface area contributed by atoms with Crippen LogP contribution in [0.4, 0.5) is 0 Å². The van der Waals surface area contributed by atoms with Gasteiger partial charge in [-0.25, -0.2) is 4.79 Å². The van der Waals surface area contributed by atoms with Crippen LogP contribution in [0.3, 0.4) is 0 Å². The van der Waals surface area contributed by atoms with Crippen molar-refractivity contribution in [2.24, 2.45) is 0 Å². The molecule has 0 fully saturated rings. The summed E-state index contributed by atoms with van der Waals surface area (Å²) in [5.41, 5.74) is 5.56. The van der Waals surface area contributed by atoms with Crippen LogP contribution in [0.2, 0.25) is 5.02 Å². The highest BCUT2D eigenvalue weighted by Crippen LogP contribution is 2.46. The van der Waals surface area contributed by atoms with Crippen LogP contribution in [0, 0.1) is 0 Å². The Morgan fingerprint density at radius 2 is 1.63 bits per heavy atom. The summed E-state index contributed by atoms with van der Waals surface area (Å²) in [6.45, 7) is 5.20. The molecule has 0 unspecified atom stereocenters. The monoisotopic (exact) mass is 571 g/mol. The van der Waals surface area contributed by atoms with E-state index in [-0.39, 0.29) is 18.3 Å². The summed E-state index contributed by atoms with van der Waals surface area (Å²) in [7, 11) is 0. The lowest BCUT2D eigenvalue weighted by Gasteiger charge is -2.36. The number of hydrogen-bond acceptors (Lipinski definition) is 6. The summed E-state index contributed by atoms with van der Waals surface area (Å²) in [5, 5.41) is 4.06. The van der Waals surface area contributed by atoms with E-state index in [1.54, 1.807) is 0 Å². The Labute approximate surface area is 246 Å². The molecule has 3 aromatic rings. The molecule has 0 saturated carbocycles. The maximum atomic E-state index is 13.8.